The number of carbonyl (C=O) groups is 1. The molecule has 0 atom stereocenters. The van der Waals surface area contributed by atoms with Crippen LogP contribution < -0.4 is 10.6 Å². The van der Waals surface area contributed by atoms with Crippen molar-refractivity contribution in [2.24, 2.45) is 0 Å². The van der Waals surface area contributed by atoms with Crippen molar-refractivity contribution in [3.63, 3.8) is 0 Å². The zero-order valence-corrected chi connectivity index (χ0v) is 10.3. The molecule has 92 valence electrons. The van der Waals surface area contributed by atoms with Crippen LogP contribution >= 0.6 is 0 Å². The number of hydrogen-bond donors (Lipinski definition) is 2. The Kier molecular flexibility index (Phi) is 6.04. The monoisotopic (exact) mass is 232 g/mol. The number of carbonyl (C=O) groups excluding carboxylic acids is 1. The van der Waals surface area contributed by atoms with Gasteiger partial charge in [0.25, 0.3) is 0 Å². The molecule has 0 aliphatic heterocycles. The Bertz CT molecular complexity index is 357. The van der Waals surface area contributed by atoms with E-state index in [9.17, 15) is 4.79 Å². The highest BCUT2D eigenvalue weighted by Gasteiger charge is 2.00. The highest BCUT2D eigenvalue weighted by atomic mass is 16.1. The van der Waals surface area contributed by atoms with Crippen molar-refractivity contribution in [2.45, 2.75) is 19.9 Å². The maximum atomic E-state index is 11.5. The van der Waals surface area contributed by atoms with Crippen molar-refractivity contribution in [3.05, 3.63) is 48.0 Å². The second-order valence-corrected chi connectivity index (χ2v) is 4.01. The minimum Gasteiger partial charge on any atom is -0.352 e. The molecule has 0 saturated carbocycles. The Hall–Kier alpha value is -1.61. The van der Waals surface area contributed by atoms with Gasteiger partial charge in [-0.05, 0) is 12.5 Å². The van der Waals surface area contributed by atoms with E-state index in [1.807, 2.05) is 31.2 Å². The first-order valence-corrected chi connectivity index (χ1v) is 5.86. The molecule has 0 aliphatic carbocycles. The molecule has 1 amide bonds. The summed E-state index contributed by atoms with van der Waals surface area (Å²) < 4.78 is 0. The van der Waals surface area contributed by atoms with Crippen LogP contribution in [-0.2, 0) is 11.3 Å². The average Bonchev–Trinajstić information content (AvgIpc) is 2.34. The summed E-state index contributed by atoms with van der Waals surface area (Å²) in [5, 5.41) is 5.98. The lowest BCUT2D eigenvalue weighted by atomic mass is 10.1. The molecule has 0 aromatic heterocycles. The molecule has 3 nitrogen and oxygen atoms in total. The molecule has 0 saturated heterocycles. The third-order valence-corrected chi connectivity index (χ3v) is 2.43. The van der Waals surface area contributed by atoms with E-state index in [-0.39, 0.29) is 5.91 Å². The maximum Gasteiger partial charge on any atom is 0.221 e. The molecule has 1 aromatic carbocycles. The Morgan fingerprint density at radius 3 is 2.71 bits per heavy atom. The predicted molar refractivity (Wildman–Crippen MR) is 70.7 cm³/mol. The molecule has 2 N–H and O–H groups in total. The zero-order valence-electron chi connectivity index (χ0n) is 10.3. The van der Waals surface area contributed by atoms with E-state index in [0.717, 1.165) is 12.1 Å². The summed E-state index contributed by atoms with van der Waals surface area (Å²) in [6, 6.07) is 8.16. The molecule has 0 fully saturated rings. The second-order valence-electron chi connectivity index (χ2n) is 4.01. The molecule has 0 unspecified atom stereocenters. The largest absolute Gasteiger partial charge is 0.352 e. The van der Waals surface area contributed by atoms with E-state index in [0.29, 0.717) is 19.5 Å². The lowest BCUT2D eigenvalue weighted by molar-refractivity contribution is -0.121. The number of nitrogens with one attached hydrogen (secondary N) is 2. The van der Waals surface area contributed by atoms with Crippen LogP contribution in [0.25, 0.3) is 0 Å². The fraction of sp³-hybridized carbons (Fsp3) is 0.357. The van der Waals surface area contributed by atoms with Crippen LogP contribution in [0, 0.1) is 6.92 Å². The lowest BCUT2D eigenvalue weighted by Gasteiger charge is -2.06. The van der Waals surface area contributed by atoms with E-state index >= 15 is 0 Å². The third kappa shape index (κ3) is 5.88. The van der Waals surface area contributed by atoms with Crippen LogP contribution in [0.3, 0.4) is 0 Å². The molecule has 1 rings (SSSR count). The molecule has 3 heteroatoms. The first-order chi connectivity index (χ1) is 8.22. The van der Waals surface area contributed by atoms with Gasteiger partial charge in [-0.15, -0.1) is 6.58 Å². The summed E-state index contributed by atoms with van der Waals surface area (Å²) in [6.45, 7) is 7.67. The number of aryl methyl sites for hydroxylation is 1. The smallest absolute Gasteiger partial charge is 0.221 e. The van der Waals surface area contributed by atoms with Crippen LogP contribution in [0.1, 0.15) is 17.5 Å². The topological polar surface area (TPSA) is 41.1 Å². The Morgan fingerprint density at radius 1 is 1.35 bits per heavy atom. The highest BCUT2D eigenvalue weighted by molar-refractivity contribution is 5.76. The minimum atomic E-state index is 0.0714. The van der Waals surface area contributed by atoms with Gasteiger partial charge in [-0.25, -0.2) is 0 Å². The molecule has 0 bridgehead atoms. The van der Waals surface area contributed by atoms with Crippen molar-refractivity contribution in [1.82, 2.24) is 10.6 Å². The van der Waals surface area contributed by atoms with Gasteiger partial charge in [-0.3, -0.25) is 4.79 Å². The summed E-state index contributed by atoms with van der Waals surface area (Å²) in [5.74, 6) is 0.0714. The zero-order chi connectivity index (χ0) is 12.5. The number of rotatable bonds is 7. The Labute approximate surface area is 103 Å². The van der Waals surface area contributed by atoms with E-state index in [2.05, 4.69) is 17.2 Å². The number of hydrogen-bond acceptors (Lipinski definition) is 2. The number of amides is 1. The van der Waals surface area contributed by atoms with Crippen molar-refractivity contribution in [1.29, 1.82) is 0 Å². The first kappa shape index (κ1) is 13.5. The van der Waals surface area contributed by atoms with Gasteiger partial charge in [-0.1, -0.05) is 35.9 Å². The van der Waals surface area contributed by atoms with E-state index < -0.39 is 0 Å². The standard InChI is InChI=1S/C14H20N2O/c1-3-9-15-10-8-14(17)16-11-13-6-4-12(2)5-7-13/h3-7,15H,1,8-11H2,2H3,(H,16,17). The molecule has 17 heavy (non-hydrogen) atoms. The molecular weight excluding hydrogens is 212 g/mol. The van der Waals surface area contributed by atoms with Crippen LogP contribution in [0.5, 0.6) is 0 Å². The van der Waals surface area contributed by atoms with Gasteiger partial charge in [-0.2, -0.15) is 0 Å². The molecule has 0 spiro atoms. The van der Waals surface area contributed by atoms with Gasteiger partial charge in [0.05, 0.1) is 0 Å². The van der Waals surface area contributed by atoms with Gasteiger partial charge < -0.3 is 10.6 Å². The fourth-order valence-corrected chi connectivity index (χ4v) is 1.40. The first-order valence-electron chi connectivity index (χ1n) is 5.86. The van der Waals surface area contributed by atoms with E-state index in [1.165, 1.54) is 5.56 Å². The molecule has 1 aromatic rings. The Balaban J connectivity index is 2.19. The van der Waals surface area contributed by atoms with Crippen molar-refractivity contribution in [2.75, 3.05) is 13.1 Å². The van der Waals surface area contributed by atoms with Crippen molar-refractivity contribution in [3.8, 4) is 0 Å². The van der Waals surface area contributed by atoms with E-state index in [4.69, 9.17) is 0 Å². The summed E-state index contributed by atoms with van der Waals surface area (Å²) in [7, 11) is 0. The minimum absolute atomic E-state index is 0.0714. The summed E-state index contributed by atoms with van der Waals surface area (Å²) in [4.78, 5) is 11.5. The van der Waals surface area contributed by atoms with Crippen LogP contribution in [0.4, 0.5) is 0 Å². The summed E-state index contributed by atoms with van der Waals surface area (Å²) >= 11 is 0. The van der Waals surface area contributed by atoms with Crippen LogP contribution in [0.2, 0.25) is 0 Å². The fourth-order valence-electron chi connectivity index (χ4n) is 1.40. The van der Waals surface area contributed by atoms with Gasteiger partial charge in [0.2, 0.25) is 5.91 Å². The SMILES string of the molecule is C=CCNCCC(=O)NCc1ccc(C)cc1. The van der Waals surface area contributed by atoms with E-state index in [1.54, 1.807) is 6.08 Å². The van der Waals surface area contributed by atoms with Gasteiger partial charge in [0.1, 0.15) is 0 Å². The van der Waals surface area contributed by atoms with Gasteiger partial charge >= 0.3 is 0 Å². The summed E-state index contributed by atoms with van der Waals surface area (Å²) in [6.07, 6.45) is 2.28. The van der Waals surface area contributed by atoms with Crippen molar-refractivity contribution < 1.29 is 4.79 Å². The van der Waals surface area contributed by atoms with Crippen LogP contribution in [-0.4, -0.2) is 19.0 Å². The quantitative estimate of drug-likeness (QED) is 0.556. The maximum absolute atomic E-state index is 11.5. The van der Waals surface area contributed by atoms with Gasteiger partial charge in [0.15, 0.2) is 0 Å². The number of benzene rings is 1. The molecule has 0 radical (unpaired) electrons. The normalized spacial score (nSPS) is 9.94. The second kappa shape index (κ2) is 7.63. The predicted octanol–water partition coefficient (Wildman–Crippen LogP) is 1.78. The molecule has 0 aliphatic rings. The average molecular weight is 232 g/mol. The highest BCUT2D eigenvalue weighted by Crippen LogP contribution is 2.02. The lowest BCUT2D eigenvalue weighted by Crippen LogP contribution is -2.27. The molecular formula is C14H20N2O. The van der Waals surface area contributed by atoms with Crippen LogP contribution in [0.15, 0.2) is 36.9 Å². The molecule has 0 heterocycles. The Morgan fingerprint density at radius 2 is 2.06 bits per heavy atom. The van der Waals surface area contributed by atoms with Gasteiger partial charge in [0, 0.05) is 26.1 Å². The van der Waals surface area contributed by atoms with Crippen molar-refractivity contribution >= 4 is 5.91 Å². The summed E-state index contributed by atoms with van der Waals surface area (Å²) in [5.41, 5.74) is 2.36. The third-order valence-electron chi connectivity index (χ3n) is 2.43.